The van der Waals surface area contributed by atoms with Crippen LogP contribution in [0.3, 0.4) is 0 Å². The molecule has 1 aliphatic rings. The molecular formula is C11H15N3O2. The van der Waals surface area contributed by atoms with Gasteiger partial charge in [0.05, 0.1) is 6.54 Å². The maximum absolute atomic E-state index is 10.3. The Labute approximate surface area is 94.0 Å². The molecule has 2 rings (SSSR count). The number of nitrogens with two attached hydrogens (primary N) is 1. The third-order valence-electron chi connectivity index (χ3n) is 2.58. The summed E-state index contributed by atoms with van der Waals surface area (Å²) in [6, 6.07) is 4.06. The molecule has 1 aliphatic carbocycles. The summed E-state index contributed by atoms with van der Waals surface area (Å²) >= 11 is 0. The van der Waals surface area contributed by atoms with Crippen LogP contribution in [0.4, 0.5) is 10.6 Å². The third-order valence-corrected chi connectivity index (χ3v) is 2.58. The van der Waals surface area contributed by atoms with E-state index in [9.17, 15) is 4.79 Å². The molecule has 5 heteroatoms. The van der Waals surface area contributed by atoms with Gasteiger partial charge in [-0.25, -0.2) is 9.78 Å². The third kappa shape index (κ3) is 2.62. The zero-order valence-corrected chi connectivity index (χ0v) is 9.03. The maximum Gasteiger partial charge on any atom is 0.404 e. The minimum absolute atomic E-state index is 0.258. The summed E-state index contributed by atoms with van der Waals surface area (Å²) in [5.41, 5.74) is 7.37. The number of pyridine rings is 1. The van der Waals surface area contributed by atoms with Crippen molar-refractivity contribution in [3.05, 3.63) is 23.4 Å². The van der Waals surface area contributed by atoms with E-state index in [0.717, 1.165) is 18.7 Å². The lowest BCUT2D eigenvalue weighted by Crippen LogP contribution is -2.18. The number of aromatic nitrogens is 1. The number of hydrogen-bond acceptors (Lipinski definition) is 4. The van der Waals surface area contributed by atoms with Crippen LogP contribution in [0.15, 0.2) is 12.1 Å². The molecule has 0 saturated heterocycles. The van der Waals surface area contributed by atoms with E-state index in [-0.39, 0.29) is 6.61 Å². The van der Waals surface area contributed by atoms with Gasteiger partial charge in [0.2, 0.25) is 0 Å². The van der Waals surface area contributed by atoms with Gasteiger partial charge in [0.15, 0.2) is 0 Å². The van der Waals surface area contributed by atoms with Gasteiger partial charge in [0, 0.05) is 5.69 Å². The first-order chi connectivity index (χ1) is 7.75. The first kappa shape index (κ1) is 10.7. The van der Waals surface area contributed by atoms with Crippen LogP contribution in [0.25, 0.3) is 0 Å². The van der Waals surface area contributed by atoms with Crippen LogP contribution in [0.1, 0.15) is 17.7 Å². The smallest absolute Gasteiger partial charge is 0.404 e. The van der Waals surface area contributed by atoms with Crippen LogP contribution < -0.4 is 11.1 Å². The Morgan fingerprint density at radius 3 is 3.19 bits per heavy atom. The zero-order valence-electron chi connectivity index (χ0n) is 9.03. The van der Waals surface area contributed by atoms with Gasteiger partial charge in [0.1, 0.15) is 12.4 Å². The van der Waals surface area contributed by atoms with Gasteiger partial charge in [-0.3, -0.25) is 0 Å². The number of carbonyl (C=O) groups is 1. The summed E-state index contributed by atoms with van der Waals surface area (Å²) in [5.74, 6) is 0.828. The van der Waals surface area contributed by atoms with Crippen molar-refractivity contribution in [2.24, 2.45) is 5.73 Å². The molecule has 3 N–H and O–H groups in total. The molecule has 1 aromatic rings. The molecule has 1 aromatic heterocycles. The van der Waals surface area contributed by atoms with Crippen LogP contribution >= 0.6 is 0 Å². The van der Waals surface area contributed by atoms with Crippen molar-refractivity contribution < 1.29 is 9.53 Å². The van der Waals surface area contributed by atoms with Crippen molar-refractivity contribution in [1.29, 1.82) is 0 Å². The topological polar surface area (TPSA) is 77.2 Å². The molecule has 0 radical (unpaired) electrons. The van der Waals surface area contributed by atoms with Crippen LogP contribution in [-0.2, 0) is 17.6 Å². The highest BCUT2D eigenvalue weighted by molar-refractivity contribution is 5.64. The molecule has 0 aromatic carbocycles. The Balaban J connectivity index is 1.83. The highest BCUT2D eigenvalue weighted by atomic mass is 16.5. The normalized spacial score (nSPS) is 13.2. The zero-order chi connectivity index (χ0) is 11.4. The average Bonchev–Trinajstić information content (AvgIpc) is 2.71. The van der Waals surface area contributed by atoms with Gasteiger partial charge >= 0.3 is 6.09 Å². The van der Waals surface area contributed by atoms with E-state index in [0.29, 0.717) is 6.54 Å². The second kappa shape index (κ2) is 4.83. The van der Waals surface area contributed by atoms with E-state index in [1.807, 2.05) is 6.07 Å². The number of ether oxygens (including phenoxy) is 1. The van der Waals surface area contributed by atoms with Crippen LogP contribution in [0.2, 0.25) is 0 Å². The Kier molecular flexibility index (Phi) is 3.24. The maximum atomic E-state index is 10.3. The molecule has 0 bridgehead atoms. The molecule has 5 nitrogen and oxygen atoms in total. The number of aryl methyl sites for hydroxylation is 2. The number of carbonyl (C=O) groups excluding carboxylic acids is 1. The summed E-state index contributed by atoms with van der Waals surface area (Å²) in [6.07, 6.45) is 2.63. The second-order valence-corrected chi connectivity index (χ2v) is 3.75. The molecular weight excluding hydrogens is 206 g/mol. The first-order valence-corrected chi connectivity index (χ1v) is 5.40. The summed E-state index contributed by atoms with van der Waals surface area (Å²) in [5, 5.41) is 3.09. The molecule has 16 heavy (non-hydrogen) atoms. The molecule has 0 saturated carbocycles. The molecule has 1 heterocycles. The predicted octanol–water partition coefficient (Wildman–Crippen LogP) is 1.08. The highest BCUT2D eigenvalue weighted by Gasteiger charge is 2.11. The number of anilines is 1. The monoisotopic (exact) mass is 221 g/mol. The quantitative estimate of drug-likeness (QED) is 0.746. The summed E-state index contributed by atoms with van der Waals surface area (Å²) in [6.45, 7) is 0.781. The largest absolute Gasteiger partial charge is 0.448 e. The van der Waals surface area contributed by atoms with E-state index in [1.165, 1.54) is 17.7 Å². The summed E-state index contributed by atoms with van der Waals surface area (Å²) in [4.78, 5) is 14.8. The van der Waals surface area contributed by atoms with Gasteiger partial charge in [-0.1, -0.05) is 6.07 Å². The number of rotatable bonds is 4. The minimum Gasteiger partial charge on any atom is -0.448 e. The van der Waals surface area contributed by atoms with Crippen LogP contribution in [0, 0.1) is 0 Å². The molecule has 1 amide bonds. The van der Waals surface area contributed by atoms with Crippen molar-refractivity contribution in [2.45, 2.75) is 19.3 Å². The number of nitrogens with one attached hydrogen (secondary N) is 1. The number of amides is 1. The van der Waals surface area contributed by atoms with E-state index in [1.54, 1.807) is 0 Å². The van der Waals surface area contributed by atoms with Gasteiger partial charge in [0.25, 0.3) is 0 Å². The molecule has 0 spiro atoms. The van der Waals surface area contributed by atoms with Crippen molar-refractivity contribution in [3.8, 4) is 0 Å². The number of primary amides is 1. The lowest BCUT2D eigenvalue weighted by atomic mass is 10.2. The van der Waals surface area contributed by atoms with Gasteiger partial charge in [-0.15, -0.1) is 0 Å². The highest BCUT2D eigenvalue weighted by Crippen LogP contribution is 2.21. The fourth-order valence-electron chi connectivity index (χ4n) is 1.85. The SMILES string of the molecule is NC(=O)OCCNc1ccc2c(n1)CCC2. The van der Waals surface area contributed by atoms with Crippen molar-refractivity contribution in [2.75, 3.05) is 18.5 Å². The van der Waals surface area contributed by atoms with Crippen molar-refractivity contribution >= 4 is 11.9 Å². The molecule has 0 aliphatic heterocycles. The van der Waals surface area contributed by atoms with Crippen LogP contribution in [0.5, 0.6) is 0 Å². The second-order valence-electron chi connectivity index (χ2n) is 3.75. The predicted molar refractivity (Wildman–Crippen MR) is 60.3 cm³/mol. The van der Waals surface area contributed by atoms with Crippen molar-refractivity contribution in [3.63, 3.8) is 0 Å². The van der Waals surface area contributed by atoms with E-state index >= 15 is 0 Å². The van der Waals surface area contributed by atoms with Gasteiger partial charge in [-0.05, 0) is 30.9 Å². The fraction of sp³-hybridized carbons (Fsp3) is 0.455. The molecule has 0 fully saturated rings. The van der Waals surface area contributed by atoms with Gasteiger partial charge < -0.3 is 15.8 Å². The van der Waals surface area contributed by atoms with Crippen molar-refractivity contribution in [1.82, 2.24) is 4.98 Å². The molecule has 0 unspecified atom stereocenters. The lowest BCUT2D eigenvalue weighted by molar-refractivity contribution is 0.161. The number of fused-ring (bicyclic) bond motifs is 1. The average molecular weight is 221 g/mol. The first-order valence-electron chi connectivity index (χ1n) is 5.40. The summed E-state index contributed by atoms with van der Waals surface area (Å²) < 4.78 is 4.60. The lowest BCUT2D eigenvalue weighted by Gasteiger charge is -2.07. The Hall–Kier alpha value is -1.78. The standard InChI is InChI=1S/C11H15N3O2/c12-11(15)16-7-6-13-10-5-4-8-2-1-3-9(8)14-10/h4-5H,1-3,6-7H2,(H2,12,15)(H,13,14). The van der Waals surface area contributed by atoms with E-state index < -0.39 is 6.09 Å². The fourth-order valence-corrected chi connectivity index (χ4v) is 1.85. The van der Waals surface area contributed by atoms with Crippen LogP contribution in [-0.4, -0.2) is 24.2 Å². The molecule has 0 atom stereocenters. The van der Waals surface area contributed by atoms with E-state index in [4.69, 9.17) is 5.73 Å². The van der Waals surface area contributed by atoms with Gasteiger partial charge in [-0.2, -0.15) is 0 Å². The Morgan fingerprint density at radius 2 is 2.38 bits per heavy atom. The van der Waals surface area contributed by atoms with E-state index in [2.05, 4.69) is 21.1 Å². The Bertz CT molecular complexity index is 393. The molecule has 86 valence electrons. The number of hydrogen-bond donors (Lipinski definition) is 2. The Morgan fingerprint density at radius 1 is 1.50 bits per heavy atom. The number of nitrogens with zero attached hydrogens (tertiary/aromatic N) is 1. The summed E-state index contributed by atoms with van der Waals surface area (Å²) in [7, 11) is 0. The minimum atomic E-state index is -0.747.